The Morgan fingerprint density at radius 3 is 2.60 bits per heavy atom. The Balaban J connectivity index is 1.68. The van der Waals surface area contributed by atoms with Crippen molar-refractivity contribution in [1.82, 2.24) is 14.9 Å². The summed E-state index contributed by atoms with van der Waals surface area (Å²) in [6, 6.07) is 9.49. The number of halogens is 1. The molecule has 25 heavy (non-hydrogen) atoms. The number of nitrogens with zero attached hydrogens (tertiary/aromatic N) is 4. The zero-order valence-electron chi connectivity index (χ0n) is 14.5. The van der Waals surface area contributed by atoms with Crippen molar-refractivity contribution in [3.05, 3.63) is 46.1 Å². The Hall–Kier alpha value is -2.15. The maximum Gasteiger partial charge on any atom is 0.255 e. The summed E-state index contributed by atoms with van der Waals surface area (Å²) in [5.74, 6) is 1.63. The molecule has 1 aromatic carbocycles. The first-order chi connectivity index (χ1) is 12.1. The summed E-state index contributed by atoms with van der Waals surface area (Å²) in [5.41, 5.74) is 1.64. The van der Waals surface area contributed by atoms with Crippen molar-refractivity contribution in [2.45, 2.75) is 13.8 Å². The molecule has 0 radical (unpaired) electrons. The molecule has 1 amide bonds. The molecule has 1 aliphatic heterocycles. The Morgan fingerprint density at radius 1 is 1.20 bits per heavy atom. The van der Waals surface area contributed by atoms with E-state index in [0.29, 0.717) is 18.7 Å². The molecule has 2 aromatic rings. The highest BCUT2D eigenvalue weighted by Crippen LogP contribution is 2.20. The molecule has 1 saturated heterocycles. The molecular weight excluding hydrogens is 382 g/mol. The summed E-state index contributed by atoms with van der Waals surface area (Å²) in [7, 11) is 0. The minimum absolute atomic E-state index is 0.0608. The van der Waals surface area contributed by atoms with E-state index in [0.717, 1.165) is 41.6 Å². The van der Waals surface area contributed by atoms with Gasteiger partial charge in [-0.15, -0.1) is 0 Å². The maximum atomic E-state index is 12.7. The van der Waals surface area contributed by atoms with E-state index in [1.807, 2.05) is 49.1 Å². The molecule has 0 aliphatic carbocycles. The highest BCUT2D eigenvalue weighted by atomic mass is 79.9. The largest absolute Gasteiger partial charge is 0.370 e. The summed E-state index contributed by atoms with van der Waals surface area (Å²) < 4.78 is 0.833. The van der Waals surface area contributed by atoms with Crippen LogP contribution < -0.4 is 10.2 Å². The van der Waals surface area contributed by atoms with Crippen LogP contribution in [0.25, 0.3) is 0 Å². The number of hydrogen-bond donors (Lipinski definition) is 1. The van der Waals surface area contributed by atoms with Crippen molar-refractivity contribution >= 4 is 33.6 Å². The predicted molar refractivity (Wildman–Crippen MR) is 103 cm³/mol. The van der Waals surface area contributed by atoms with Crippen LogP contribution in [0.15, 0.2) is 34.8 Å². The van der Waals surface area contributed by atoms with Crippen molar-refractivity contribution in [2.75, 3.05) is 42.9 Å². The molecule has 132 valence electrons. The second-order valence-electron chi connectivity index (χ2n) is 5.98. The monoisotopic (exact) mass is 403 g/mol. The van der Waals surface area contributed by atoms with Crippen LogP contribution in [0.1, 0.15) is 23.0 Å². The van der Waals surface area contributed by atoms with E-state index in [-0.39, 0.29) is 5.91 Å². The van der Waals surface area contributed by atoms with Gasteiger partial charge < -0.3 is 15.1 Å². The molecule has 0 spiro atoms. The second kappa shape index (κ2) is 7.82. The zero-order chi connectivity index (χ0) is 17.8. The highest BCUT2D eigenvalue weighted by molar-refractivity contribution is 9.10. The number of nitrogens with one attached hydrogen (secondary N) is 1. The third-order valence-electron chi connectivity index (χ3n) is 4.15. The lowest BCUT2D eigenvalue weighted by atomic mass is 10.2. The SMILES string of the molecule is CCNc1cc(C)nc(N2CCN(C(=O)c3ccccc3Br)CC2)n1. The van der Waals surface area contributed by atoms with Crippen LogP contribution in [-0.4, -0.2) is 53.5 Å². The number of piperazine rings is 1. The van der Waals surface area contributed by atoms with Crippen LogP contribution in [0.2, 0.25) is 0 Å². The fraction of sp³-hybridized carbons (Fsp3) is 0.389. The average molecular weight is 404 g/mol. The van der Waals surface area contributed by atoms with Gasteiger partial charge in [-0.2, -0.15) is 4.98 Å². The van der Waals surface area contributed by atoms with Gasteiger partial charge in [0.25, 0.3) is 5.91 Å². The first-order valence-corrected chi connectivity index (χ1v) is 9.26. The molecule has 7 heteroatoms. The number of aryl methyl sites for hydroxylation is 1. The molecule has 6 nitrogen and oxygen atoms in total. The van der Waals surface area contributed by atoms with Crippen LogP contribution in [0.5, 0.6) is 0 Å². The summed E-state index contributed by atoms with van der Waals surface area (Å²) >= 11 is 3.46. The Bertz CT molecular complexity index is 759. The first-order valence-electron chi connectivity index (χ1n) is 8.47. The van der Waals surface area contributed by atoms with E-state index >= 15 is 0 Å². The molecule has 2 heterocycles. The smallest absolute Gasteiger partial charge is 0.255 e. The molecule has 0 bridgehead atoms. The molecule has 1 N–H and O–H groups in total. The van der Waals surface area contributed by atoms with Gasteiger partial charge in [-0.25, -0.2) is 4.98 Å². The van der Waals surface area contributed by atoms with Crippen LogP contribution in [-0.2, 0) is 0 Å². The Kier molecular flexibility index (Phi) is 5.53. The van der Waals surface area contributed by atoms with E-state index in [9.17, 15) is 4.79 Å². The topological polar surface area (TPSA) is 61.4 Å². The van der Waals surface area contributed by atoms with Crippen LogP contribution in [0.4, 0.5) is 11.8 Å². The summed E-state index contributed by atoms with van der Waals surface area (Å²) in [5, 5.41) is 3.24. The zero-order valence-corrected chi connectivity index (χ0v) is 16.1. The lowest BCUT2D eigenvalue weighted by molar-refractivity contribution is 0.0745. The van der Waals surface area contributed by atoms with Crippen molar-refractivity contribution < 1.29 is 4.79 Å². The number of rotatable bonds is 4. The predicted octanol–water partition coefficient (Wildman–Crippen LogP) is 2.94. The minimum atomic E-state index is 0.0608. The summed E-state index contributed by atoms with van der Waals surface area (Å²) in [6.07, 6.45) is 0. The normalized spacial score (nSPS) is 14.5. The Labute approximate surface area is 156 Å². The molecule has 1 aliphatic rings. The quantitative estimate of drug-likeness (QED) is 0.849. The van der Waals surface area contributed by atoms with E-state index in [2.05, 4.69) is 36.1 Å². The van der Waals surface area contributed by atoms with Crippen LogP contribution in [0.3, 0.4) is 0 Å². The van der Waals surface area contributed by atoms with Gasteiger partial charge in [0, 0.05) is 49.0 Å². The van der Waals surface area contributed by atoms with Crippen LogP contribution >= 0.6 is 15.9 Å². The first kappa shape index (κ1) is 17.7. The molecule has 1 fully saturated rings. The average Bonchev–Trinajstić information content (AvgIpc) is 2.61. The molecule has 1 aromatic heterocycles. The third-order valence-corrected chi connectivity index (χ3v) is 4.85. The van der Waals surface area contributed by atoms with Gasteiger partial charge in [-0.3, -0.25) is 4.79 Å². The number of hydrogen-bond acceptors (Lipinski definition) is 5. The molecular formula is C18H22BrN5O. The number of aromatic nitrogens is 2. The van der Waals surface area contributed by atoms with Crippen LogP contribution in [0, 0.1) is 6.92 Å². The summed E-state index contributed by atoms with van der Waals surface area (Å²) in [4.78, 5) is 25.8. The van der Waals surface area contributed by atoms with Gasteiger partial charge in [0.15, 0.2) is 0 Å². The fourth-order valence-corrected chi connectivity index (χ4v) is 3.33. The number of carbonyl (C=O) groups excluding carboxylic acids is 1. The standard InChI is InChI=1S/C18H22BrN5O/c1-3-20-16-12-13(2)21-18(22-16)24-10-8-23(9-11-24)17(25)14-6-4-5-7-15(14)19/h4-7,12H,3,8-11H2,1-2H3,(H,20,21,22). The van der Waals surface area contributed by atoms with Crippen molar-refractivity contribution in [3.8, 4) is 0 Å². The third kappa shape index (κ3) is 4.10. The van der Waals surface area contributed by atoms with E-state index in [1.165, 1.54) is 0 Å². The molecule has 0 unspecified atom stereocenters. The minimum Gasteiger partial charge on any atom is -0.370 e. The van der Waals surface area contributed by atoms with E-state index in [4.69, 9.17) is 0 Å². The highest BCUT2D eigenvalue weighted by Gasteiger charge is 2.24. The lowest BCUT2D eigenvalue weighted by Gasteiger charge is -2.35. The van der Waals surface area contributed by atoms with Crippen molar-refractivity contribution in [2.24, 2.45) is 0 Å². The van der Waals surface area contributed by atoms with Gasteiger partial charge in [0.05, 0.1) is 5.56 Å². The fourth-order valence-electron chi connectivity index (χ4n) is 2.88. The second-order valence-corrected chi connectivity index (χ2v) is 6.84. The van der Waals surface area contributed by atoms with Gasteiger partial charge >= 0.3 is 0 Å². The van der Waals surface area contributed by atoms with Gasteiger partial charge in [-0.1, -0.05) is 12.1 Å². The maximum absolute atomic E-state index is 12.7. The molecule has 0 atom stereocenters. The summed E-state index contributed by atoms with van der Waals surface area (Å²) in [6.45, 7) is 7.62. The van der Waals surface area contributed by atoms with Gasteiger partial charge in [0.1, 0.15) is 5.82 Å². The Morgan fingerprint density at radius 2 is 1.92 bits per heavy atom. The number of benzene rings is 1. The molecule has 3 rings (SSSR count). The lowest BCUT2D eigenvalue weighted by Crippen LogP contribution is -2.49. The molecule has 0 saturated carbocycles. The van der Waals surface area contributed by atoms with Gasteiger partial charge in [-0.05, 0) is 41.9 Å². The van der Waals surface area contributed by atoms with Crippen molar-refractivity contribution in [3.63, 3.8) is 0 Å². The number of amides is 1. The number of carbonyl (C=O) groups is 1. The van der Waals surface area contributed by atoms with E-state index in [1.54, 1.807) is 0 Å². The number of anilines is 2. The van der Waals surface area contributed by atoms with Gasteiger partial charge in [0.2, 0.25) is 5.95 Å². The van der Waals surface area contributed by atoms with E-state index < -0.39 is 0 Å². The van der Waals surface area contributed by atoms with Crippen molar-refractivity contribution in [1.29, 1.82) is 0 Å².